The number of aromatic nitrogens is 3. The minimum absolute atomic E-state index is 0.526. The summed E-state index contributed by atoms with van der Waals surface area (Å²) in [5.41, 5.74) is 0.955. The van der Waals surface area contributed by atoms with E-state index in [-0.39, 0.29) is 0 Å². The van der Waals surface area contributed by atoms with Crippen LogP contribution in [-0.4, -0.2) is 21.6 Å². The predicted molar refractivity (Wildman–Crippen MR) is 64.8 cm³/mol. The zero-order valence-electron chi connectivity index (χ0n) is 9.63. The Kier molecular flexibility index (Phi) is 3.85. The Hall–Kier alpha value is -2.17. The summed E-state index contributed by atoms with van der Waals surface area (Å²) in [5, 5.41) is 3.14. The van der Waals surface area contributed by atoms with E-state index in [1.54, 1.807) is 18.6 Å². The van der Waals surface area contributed by atoms with Crippen molar-refractivity contribution >= 4 is 5.82 Å². The maximum absolute atomic E-state index is 5.27. The lowest BCUT2D eigenvalue weighted by Gasteiger charge is -2.06. The molecule has 0 radical (unpaired) electrons. The molecule has 0 spiro atoms. The van der Waals surface area contributed by atoms with Crippen molar-refractivity contribution in [3.63, 3.8) is 0 Å². The first-order chi connectivity index (χ1) is 8.38. The summed E-state index contributed by atoms with van der Waals surface area (Å²) in [6.07, 6.45) is 5.01. The molecule has 1 N–H and O–H groups in total. The highest BCUT2D eigenvalue weighted by Gasteiger charge is 1.99. The highest BCUT2D eigenvalue weighted by molar-refractivity contribution is 5.33. The predicted octanol–water partition coefficient (Wildman–Crippen LogP) is 1.88. The first-order valence-corrected chi connectivity index (χ1v) is 5.47. The fraction of sp³-hybridized carbons (Fsp3) is 0.250. The van der Waals surface area contributed by atoms with Crippen LogP contribution in [0, 0.1) is 0 Å². The zero-order chi connectivity index (χ0) is 11.9. The normalized spacial score (nSPS) is 9.94. The fourth-order valence-electron chi connectivity index (χ4n) is 1.33. The molecular formula is C12H14N4O. The van der Waals surface area contributed by atoms with Crippen molar-refractivity contribution in [1.82, 2.24) is 15.0 Å². The highest BCUT2D eigenvalue weighted by Crippen LogP contribution is 2.09. The van der Waals surface area contributed by atoms with Gasteiger partial charge in [-0.25, -0.2) is 0 Å². The van der Waals surface area contributed by atoms with Crippen LogP contribution in [0.1, 0.15) is 12.6 Å². The van der Waals surface area contributed by atoms with Crippen LogP contribution in [-0.2, 0) is 6.54 Å². The van der Waals surface area contributed by atoms with Crippen LogP contribution >= 0.6 is 0 Å². The molecule has 2 heterocycles. The molecule has 2 aromatic heterocycles. The molecule has 0 aliphatic carbocycles. The third-order valence-electron chi connectivity index (χ3n) is 2.08. The molecule has 17 heavy (non-hydrogen) atoms. The zero-order valence-corrected chi connectivity index (χ0v) is 9.63. The first-order valence-electron chi connectivity index (χ1n) is 5.47. The number of nitrogens with zero attached hydrogens (tertiary/aromatic N) is 3. The summed E-state index contributed by atoms with van der Waals surface area (Å²) >= 11 is 0. The second-order valence-electron chi connectivity index (χ2n) is 3.35. The van der Waals surface area contributed by atoms with Gasteiger partial charge >= 0.3 is 0 Å². The van der Waals surface area contributed by atoms with E-state index >= 15 is 0 Å². The molecule has 0 saturated carbocycles. The van der Waals surface area contributed by atoms with E-state index in [1.165, 1.54) is 0 Å². The molecule has 2 aromatic rings. The summed E-state index contributed by atoms with van der Waals surface area (Å²) < 4.78 is 5.27. The number of ether oxygens (including phenoxy) is 1. The topological polar surface area (TPSA) is 59.9 Å². The van der Waals surface area contributed by atoms with Gasteiger partial charge in [0.2, 0.25) is 5.88 Å². The van der Waals surface area contributed by atoms with Crippen LogP contribution in [0.5, 0.6) is 5.88 Å². The maximum atomic E-state index is 5.27. The summed E-state index contributed by atoms with van der Waals surface area (Å²) in [6.45, 7) is 3.11. The maximum Gasteiger partial charge on any atom is 0.234 e. The van der Waals surface area contributed by atoms with Gasteiger partial charge in [-0.1, -0.05) is 6.07 Å². The Morgan fingerprint density at radius 3 is 3.00 bits per heavy atom. The van der Waals surface area contributed by atoms with E-state index in [1.807, 2.05) is 25.1 Å². The van der Waals surface area contributed by atoms with Crippen LogP contribution in [0.25, 0.3) is 0 Å². The number of anilines is 1. The number of hydrogen-bond acceptors (Lipinski definition) is 5. The van der Waals surface area contributed by atoms with E-state index < -0.39 is 0 Å². The molecule has 88 valence electrons. The molecular weight excluding hydrogens is 216 g/mol. The second kappa shape index (κ2) is 5.79. The average molecular weight is 230 g/mol. The van der Waals surface area contributed by atoms with Crippen LogP contribution in [0.15, 0.2) is 36.8 Å². The Balaban J connectivity index is 1.97. The molecule has 0 aliphatic heterocycles. The van der Waals surface area contributed by atoms with Crippen molar-refractivity contribution in [1.29, 1.82) is 0 Å². The van der Waals surface area contributed by atoms with Gasteiger partial charge in [-0.15, -0.1) is 0 Å². The molecule has 0 amide bonds. The van der Waals surface area contributed by atoms with Crippen LogP contribution in [0.2, 0.25) is 0 Å². The fourth-order valence-corrected chi connectivity index (χ4v) is 1.33. The Bertz CT molecular complexity index is 461. The molecule has 0 atom stereocenters. The monoisotopic (exact) mass is 230 g/mol. The summed E-state index contributed by atoms with van der Waals surface area (Å²) in [6, 6.07) is 5.79. The smallest absolute Gasteiger partial charge is 0.234 e. The average Bonchev–Trinajstić information content (AvgIpc) is 2.39. The minimum atomic E-state index is 0.526. The lowest BCUT2D eigenvalue weighted by atomic mass is 10.3. The van der Waals surface area contributed by atoms with Gasteiger partial charge in [0, 0.05) is 6.20 Å². The Morgan fingerprint density at radius 2 is 2.24 bits per heavy atom. The van der Waals surface area contributed by atoms with Gasteiger partial charge < -0.3 is 10.1 Å². The van der Waals surface area contributed by atoms with Crippen molar-refractivity contribution in [3.05, 3.63) is 42.5 Å². The van der Waals surface area contributed by atoms with Crippen LogP contribution in [0.4, 0.5) is 5.82 Å². The molecule has 0 aliphatic rings. The Morgan fingerprint density at radius 1 is 1.29 bits per heavy atom. The van der Waals surface area contributed by atoms with Gasteiger partial charge in [0.05, 0.1) is 31.2 Å². The van der Waals surface area contributed by atoms with Crippen molar-refractivity contribution in [3.8, 4) is 5.88 Å². The SMILES string of the molecule is CCOc1cncc(NCc2ccccn2)n1. The largest absolute Gasteiger partial charge is 0.477 e. The van der Waals surface area contributed by atoms with Crippen molar-refractivity contribution in [2.24, 2.45) is 0 Å². The molecule has 5 nitrogen and oxygen atoms in total. The lowest BCUT2D eigenvalue weighted by molar-refractivity contribution is 0.325. The first kappa shape index (κ1) is 11.3. The third kappa shape index (κ3) is 3.41. The van der Waals surface area contributed by atoms with Gasteiger partial charge in [0.15, 0.2) is 0 Å². The minimum Gasteiger partial charge on any atom is -0.477 e. The van der Waals surface area contributed by atoms with Gasteiger partial charge in [0.1, 0.15) is 5.82 Å². The van der Waals surface area contributed by atoms with Crippen molar-refractivity contribution in [2.45, 2.75) is 13.5 Å². The molecule has 2 rings (SSSR count). The summed E-state index contributed by atoms with van der Waals surface area (Å²) in [5.74, 6) is 1.21. The van der Waals surface area contributed by atoms with Gasteiger partial charge in [0.25, 0.3) is 0 Å². The quantitative estimate of drug-likeness (QED) is 0.849. The van der Waals surface area contributed by atoms with E-state index in [0.29, 0.717) is 24.8 Å². The van der Waals surface area contributed by atoms with E-state index in [0.717, 1.165) is 5.69 Å². The van der Waals surface area contributed by atoms with Gasteiger partial charge in [-0.05, 0) is 19.1 Å². The number of rotatable bonds is 5. The van der Waals surface area contributed by atoms with Crippen molar-refractivity contribution in [2.75, 3.05) is 11.9 Å². The van der Waals surface area contributed by atoms with Gasteiger partial charge in [-0.2, -0.15) is 4.98 Å². The highest BCUT2D eigenvalue weighted by atomic mass is 16.5. The Labute approximate surface area is 99.9 Å². The molecule has 0 aromatic carbocycles. The second-order valence-corrected chi connectivity index (χ2v) is 3.35. The van der Waals surface area contributed by atoms with E-state index in [4.69, 9.17) is 4.74 Å². The van der Waals surface area contributed by atoms with Crippen molar-refractivity contribution < 1.29 is 4.74 Å². The van der Waals surface area contributed by atoms with E-state index in [9.17, 15) is 0 Å². The standard InChI is InChI=1S/C12H14N4O/c1-2-17-12-9-13-8-11(16-12)15-7-10-5-3-4-6-14-10/h3-6,8-9H,2,7H2,1H3,(H,15,16). The summed E-state index contributed by atoms with van der Waals surface area (Å²) in [4.78, 5) is 12.5. The number of hydrogen-bond donors (Lipinski definition) is 1. The molecule has 0 bridgehead atoms. The number of nitrogens with one attached hydrogen (secondary N) is 1. The van der Waals surface area contributed by atoms with Crippen LogP contribution < -0.4 is 10.1 Å². The third-order valence-corrected chi connectivity index (χ3v) is 2.08. The lowest BCUT2D eigenvalue weighted by Crippen LogP contribution is -2.04. The summed E-state index contributed by atoms with van der Waals surface area (Å²) in [7, 11) is 0. The van der Waals surface area contributed by atoms with E-state index in [2.05, 4.69) is 20.3 Å². The van der Waals surface area contributed by atoms with Gasteiger partial charge in [-0.3, -0.25) is 9.97 Å². The number of pyridine rings is 1. The van der Waals surface area contributed by atoms with Crippen LogP contribution in [0.3, 0.4) is 0 Å². The molecule has 0 fully saturated rings. The molecule has 0 saturated heterocycles. The molecule has 0 unspecified atom stereocenters. The molecule has 5 heteroatoms.